The maximum absolute atomic E-state index is 2.48. The Morgan fingerprint density at radius 3 is 2.20 bits per heavy atom. The molecule has 1 unspecified atom stereocenters. The molecule has 1 atom stereocenters. The molecule has 0 saturated carbocycles. The molecule has 0 aromatic carbocycles. The maximum Gasteiger partial charge on any atom is 0.184 e. The molecule has 1 aromatic heterocycles. The molecule has 0 bridgehead atoms. The number of hydrogen-bond acceptors (Lipinski definition) is 0. The molecule has 0 radical (unpaired) electrons. The smallest absolute Gasteiger partial charge is 0.184 e. The predicted molar refractivity (Wildman–Crippen MR) is 65.2 cm³/mol. The molecule has 15 heavy (non-hydrogen) atoms. The highest BCUT2D eigenvalue weighted by molar-refractivity contribution is 5.16. The monoisotopic (exact) mass is 206 g/mol. The summed E-state index contributed by atoms with van der Waals surface area (Å²) in [6, 6.07) is 5.20. The molecule has 1 heterocycles. The van der Waals surface area contributed by atoms with Gasteiger partial charge in [-0.2, -0.15) is 4.57 Å². The van der Waals surface area contributed by atoms with Crippen molar-refractivity contribution in [3.63, 3.8) is 0 Å². The molecular weight excluding hydrogens is 182 g/mol. The van der Waals surface area contributed by atoms with E-state index >= 15 is 0 Å². The topological polar surface area (TPSA) is 3.88 Å². The second-order valence-corrected chi connectivity index (χ2v) is 4.88. The predicted octanol–water partition coefficient (Wildman–Crippen LogP) is 3.69. The summed E-state index contributed by atoms with van der Waals surface area (Å²) in [7, 11) is 0. The number of pyridine rings is 1. The van der Waals surface area contributed by atoms with Crippen LogP contribution in [0.2, 0.25) is 0 Å². The van der Waals surface area contributed by atoms with E-state index in [0.29, 0.717) is 12.0 Å². The van der Waals surface area contributed by atoms with Gasteiger partial charge in [0.2, 0.25) is 0 Å². The van der Waals surface area contributed by atoms with Gasteiger partial charge in [0.1, 0.15) is 0 Å². The zero-order valence-electron chi connectivity index (χ0n) is 11.0. The van der Waals surface area contributed by atoms with Gasteiger partial charge in [-0.05, 0) is 19.4 Å². The van der Waals surface area contributed by atoms with E-state index < -0.39 is 0 Å². The Morgan fingerprint density at radius 2 is 1.73 bits per heavy atom. The van der Waals surface area contributed by atoms with E-state index in [4.69, 9.17) is 0 Å². The van der Waals surface area contributed by atoms with Crippen molar-refractivity contribution in [1.29, 1.82) is 0 Å². The molecule has 1 rings (SSSR count). The van der Waals surface area contributed by atoms with E-state index in [9.17, 15) is 0 Å². The van der Waals surface area contributed by atoms with Crippen molar-refractivity contribution in [3.05, 3.63) is 29.1 Å². The van der Waals surface area contributed by atoms with Crippen molar-refractivity contribution >= 4 is 0 Å². The van der Waals surface area contributed by atoms with Crippen molar-refractivity contribution in [3.8, 4) is 0 Å². The van der Waals surface area contributed by atoms with Crippen LogP contribution in [0.3, 0.4) is 0 Å². The van der Waals surface area contributed by atoms with Crippen LogP contribution in [0, 0.1) is 13.8 Å². The first-order valence-corrected chi connectivity index (χ1v) is 6.00. The number of rotatable bonds is 3. The third-order valence-electron chi connectivity index (χ3n) is 3.09. The highest BCUT2D eigenvalue weighted by atomic mass is 15.0. The van der Waals surface area contributed by atoms with E-state index in [1.165, 1.54) is 23.4 Å². The normalized spacial score (nSPS) is 13.3. The Balaban J connectivity index is 3.33. The second kappa shape index (κ2) is 4.78. The molecule has 84 valence electrons. The summed E-state index contributed by atoms with van der Waals surface area (Å²) >= 11 is 0. The van der Waals surface area contributed by atoms with Crippen LogP contribution in [-0.4, -0.2) is 0 Å². The fourth-order valence-corrected chi connectivity index (χ4v) is 2.18. The fourth-order valence-electron chi connectivity index (χ4n) is 2.18. The Kier molecular flexibility index (Phi) is 3.90. The van der Waals surface area contributed by atoms with Gasteiger partial charge < -0.3 is 0 Å². The zero-order chi connectivity index (χ0) is 11.6. The quantitative estimate of drug-likeness (QED) is 0.664. The van der Waals surface area contributed by atoms with Gasteiger partial charge in [0.25, 0.3) is 0 Å². The first kappa shape index (κ1) is 12.2. The van der Waals surface area contributed by atoms with Gasteiger partial charge in [0.05, 0.1) is 0 Å². The van der Waals surface area contributed by atoms with Crippen LogP contribution in [0.4, 0.5) is 0 Å². The number of aryl methyl sites for hydroxylation is 2. The highest BCUT2D eigenvalue weighted by Gasteiger charge is 2.22. The third kappa shape index (κ3) is 2.58. The summed E-state index contributed by atoms with van der Waals surface area (Å²) in [5.74, 6) is 0.595. The van der Waals surface area contributed by atoms with E-state index in [2.05, 4.69) is 58.2 Å². The molecule has 0 saturated heterocycles. The lowest BCUT2D eigenvalue weighted by atomic mass is 10.0. The van der Waals surface area contributed by atoms with E-state index in [1.54, 1.807) is 0 Å². The molecule has 0 N–H and O–H groups in total. The van der Waals surface area contributed by atoms with Crippen LogP contribution in [0.25, 0.3) is 0 Å². The standard InChI is InChI=1S/C14H24N/c1-7-12(5)15-13(6)8-11(4)9-14(15)10(2)3/h8-10,12H,7H2,1-6H3/q+1. The van der Waals surface area contributed by atoms with Crippen LogP contribution in [0.5, 0.6) is 0 Å². The van der Waals surface area contributed by atoms with Crippen LogP contribution in [0.15, 0.2) is 12.1 Å². The number of hydrogen-bond donors (Lipinski definition) is 0. The van der Waals surface area contributed by atoms with Crippen molar-refractivity contribution in [2.45, 2.75) is 59.9 Å². The Labute approximate surface area is 94.1 Å². The lowest BCUT2D eigenvalue weighted by Crippen LogP contribution is -2.45. The van der Waals surface area contributed by atoms with Gasteiger partial charge in [-0.3, -0.25) is 0 Å². The zero-order valence-corrected chi connectivity index (χ0v) is 11.0. The summed E-state index contributed by atoms with van der Waals surface area (Å²) < 4.78 is 2.48. The molecule has 0 aliphatic rings. The minimum absolute atomic E-state index is 0.595. The lowest BCUT2D eigenvalue weighted by molar-refractivity contribution is -0.733. The fraction of sp³-hybridized carbons (Fsp3) is 0.643. The Bertz CT molecular complexity index is 339. The molecule has 0 aliphatic heterocycles. The molecular formula is C14H24N+. The van der Waals surface area contributed by atoms with Crippen molar-refractivity contribution in [2.24, 2.45) is 0 Å². The van der Waals surface area contributed by atoms with Crippen molar-refractivity contribution < 1.29 is 4.57 Å². The van der Waals surface area contributed by atoms with Gasteiger partial charge in [-0.1, -0.05) is 20.8 Å². The summed E-state index contributed by atoms with van der Waals surface area (Å²) in [6.07, 6.45) is 1.19. The van der Waals surface area contributed by atoms with Crippen LogP contribution < -0.4 is 4.57 Å². The van der Waals surface area contributed by atoms with E-state index in [0.717, 1.165) is 0 Å². The molecule has 1 nitrogen and oxygen atoms in total. The molecule has 0 spiro atoms. The van der Waals surface area contributed by atoms with E-state index in [-0.39, 0.29) is 0 Å². The van der Waals surface area contributed by atoms with Gasteiger partial charge in [0.15, 0.2) is 17.4 Å². The number of aromatic nitrogens is 1. The van der Waals surface area contributed by atoms with Crippen molar-refractivity contribution in [1.82, 2.24) is 0 Å². The van der Waals surface area contributed by atoms with Gasteiger partial charge >= 0.3 is 0 Å². The lowest BCUT2D eigenvalue weighted by Gasteiger charge is -2.14. The van der Waals surface area contributed by atoms with Crippen LogP contribution >= 0.6 is 0 Å². The SMILES string of the molecule is CCC(C)[n+]1c(C)cc(C)cc1C(C)C. The highest BCUT2D eigenvalue weighted by Crippen LogP contribution is 2.16. The van der Waals surface area contributed by atoms with Gasteiger partial charge in [-0.15, -0.1) is 0 Å². The first-order valence-electron chi connectivity index (χ1n) is 6.00. The summed E-state index contributed by atoms with van der Waals surface area (Å²) in [5, 5.41) is 0. The van der Waals surface area contributed by atoms with Crippen LogP contribution in [-0.2, 0) is 0 Å². The minimum atomic E-state index is 0.595. The van der Waals surface area contributed by atoms with E-state index in [1.807, 2.05) is 0 Å². The average molecular weight is 206 g/mol. The second-order valence-electron chi connectivity index (χ2n) is 4.88. The minimum Gasteiger partial charge on any atom is -0.197 e. The van der Waals surface area contributed by atoms with Gasteiger partial charge in [0, 0.05) is 31.4 Å². The van der Waals surface area contributed by atoms with Crippen molar-refractivity contribution in [2.75, 3.05) is 0 Å². The molecule has 1 heteroatoms. The Morgan fingerprint density at radius 1 is 1.13 bits per heavy atom. The molecule has 1 aromatic rings. The average Bonchev–Trinajstić information content (AvgIpc) is 2.15. The first-order chi connectivity index (χ1) is 6.97. The third-order valence-corrected chi connectivity index (χ3v) is 3.09. The molecule has 0 fully saturated rings. The van der Waals surface area contributed by atoms with Gasteiger partial charge in [-0.25, -0.2) is 0 Å². The summed E-state index contributed by atoms with van der Waals surface area (Å²) in [4.78, 5) is 0. The molecule has 0 amide bonds. The number of nitrogens with zero attached hydrogens (tertiary/aromatic N) is 1. The maximum atomic E-state index is 2.48. The molecule has 0 aliphatic carbocycles. The van der Waals surface area contributed by atoms with Crippen LogP contribution in [0.1, 0.15) is 63.0 Å². The largest absolute Gasteiger partial charge is 0.197 e. The summed E-state index contributed by atoms with van der Waals surface area (Å²) in [5.41, 5.74) is 4.21. The Hall–Kier alpha value is -0.850. The summed E-state index contributed by atoms with van der Waals surface area (Å²) in [6.45, 7) is 13.5.